The van der Waals surface area contributed by atoms with E-state index in [9.17, 15) is 4.79 Å². The smallest absolute Gasteiger partial charge is 0.357 e. The van der Waals surface area contributed by atoms with E-state index in [1.54, 1.807) is 38.4 Å². The molecule has 0 amide bonds. The summed E-state index contributed by atoms with van der Waals surface area (Å²) in [6.07, 6.45) is 1.61. The Morgan fingerprint density at radius 3 is 2.73 bits per heavy atom. The van der Waals surface area contributed by atoms with Gasteiger partial charge < -0.3 is 24.9 Å². The summed E-state index contributed by atoms with van der Waals surface area (Å²) >= 11 is 6.30. The lowest BCUT2D eigenvalue weighted by Gasteiger charge is -2.12. The van der Waals surface area contributed by atoms with Crippen LogP contribution in [0.15, 0.2) is 42.6 Å². The summed E-state index contributed by atoms with van der Waals surface area (Å²) in [4.78, 5) is 20.1. The predicted molar refractivity (Wildman–Crippen MR) is 116 cm³/mol. The van der Waals surface area contributed by atoms with Crippen molar-refractivity contribution in [1.29, 1.82) is 0 Å². The number of methoxy groups -OCH3 is 1. The van der Waals surface area contributed by atoms with E-state index in [0.29, 0.717) is 27.8 Å². The molecule has 30 heavy (non-hydrogen) atoms. The number of hydrogen-bond acceptors (Lipinski definition) is 6. The highest BCUT2D eigenvalue weighted by molar-refractivity contribution is 6.32. The molecule has 7 nitrogen and oxygen atoms in total. The highest BCUT2D eigenvalue weighted by Crippen LogP contribution is 2.39. The van der Waals surface area contributed by atoms with Crippen LogP contribution in [0.3, 0.4) is 0 Å². The quantitative estimate of drug-likeness (QED) is 0.330. The number of halogens is 1. The number of nitrogens with one attached hydrogen (secondary N) is 1. The lowest BCUT2D eigenvalue weighted by atomic mass is 10.0. The van der Waals surface area contributed by atoms with Gasteiger partial charge in [-0.05, 0) is 37.3 Å². The summed E-state index contributed by atoms with van der Waals surface area (Å²) in [7, 11) is 1.56. The van der Waals surface area contributed by atoms with Gasteiger partial charge in [-0.25, -0.2) is 9.78 Å². The van der Waals surface area contributed by atoms with Gasteiger partial charge in [0.1, 0.15) is 11.5 Å². The minimum absolute atomic E-state index is 0.183. The summed E-state index contributed by atoms with van der Waals surface area (Å²) in [6.45, 7) is 2.19. The first kappa shape index (κ1) is 20.0. The molecule has 0 radical (unpaired) electrons. The minimum atomic E-state index is -0.499. The van der Waals surface area contributed by atoms with E-state index in [1.807, 2.05) is 18.2 Å². The van der Waals surface area contributed by atoms with Crippen molar-refractivity contribution in [1.82, 2.24) is 9.97 Å². The Balaban J connectivity index is 1.96. The maximum Gasteiger partial charge on any atom is 0.357 e. The van der Waals surface area contributed by atoms with Gasteiger partial charge >= 0.3 is 5.97 Å². The zero-order valence-corrected chi connectivity index (χ0v) is 17.2. The van der Waals surface area contributed by atoms with E-state index in [-0.39, 0.29) is 18.9 Å². The first-order valence-electron chi connectivity index (χ1n) is 9.34. The first-order valence-corrected chi connectivity index (χ1v) is 9.72. The Labute approximate surface area is 177 Å². The Hall–Kier alpha value is -3.29. The maximum atomic E-state index is 12.5. The van der Waals surface area contributed by atoms with Crippen LogP contribution < -0.4 is 10.5 Å². The van der Waals surface area contributed by atoms with E-state index in [4.69, 9.17) is 31.5 Å². The van der Waals surface area contributed by atoms with Gasteiger partial charge in [-0.3, -0.25) is 0 Å². The van der Waals surface area contributed by atoms with Crippen LogP contribution in [0.1, 0.15) is 23.0 Å². The number of aromatic nitrogens is 2. The van der Waals surface area contributed by atoms with Crippen LogP contribution in [0.5, 0.6) is 11.5 Å². The zero-order valence-electron chi connectivity index (χ0n) is 16.5. The Morgan fingerprint density at radius 1 is 1.17 bits per heavy atom. The van der Waals surface area contributed by atoms with Crippen molar-refractivity contribution in [2.24, 2.45) is 0 Å². The van der Waals surface area contributed by atoms with E-state index < -0.39 is 5.97 Å². The summed E-state index contributed by atoms with van der Waals surface area (Å²) < 4.78 is 16.7. The van der Waals surface area contributed by atoms with Crippen molar-refractivity contribution in [2.75, 3.05) is 19.5 Å². The fourth-order valence-electron chi connectivity index (χ4n) is 3.43. The number of carbonyl (C=O) groups excluding carboxylic acids is 1. The molecular formula is C22H20ClN3O4. The van der Waals surface area contributed by atoms with Crippen LogP contribution in [-0.4, -0.2) is 29.7 Å². The number of nitrogen functional groups attached to an aromatic ring is 1. The second-order valence-electron chi connectivity index (χ2n) is 6.62. The van der Waals surface area contributed by atoms with Crippen molar-refractivity contribution >= 4 is 45.1 Å². The molecule has 0 saturated heterocycles. The highest BCUT2D eigenvalue weighted by atomic mass is 35.5. The second kappa shape index (κ2) is 8.22. The van der Waals surface area contributed by atoms with Gasteiger partial charge in [-0.2, -0.15) is 0 Å². The summed E-state index contributed by atoms with van der Waals surface area (Å²) in [5, 5.41) is 1.98. The third kappa shape index (κ3) is 3.53. The number of nitrogens with zero attached hydrogens (tertiary/aromatic N) is 1. The Bertz CT molecular complexity index is 1250. The van der Waals surface area contributed by atoms with E-state index in [0.717, 1.165) is 21.8 Å². The van der Waals surface area contributed by atoms with Gasteiger partial charge in [0.2, 0.25) is 0 Å². The van der Waals surface area contributed by atoms with Crippen molar-refractivity contribution in [3.8, 4) is 11.5 Å². The molecule has 0 atom stereocenters. The number of nitrogens with two attached hydrogens (primary N) is 1. The van der Waals surface area contributed by atoms with Crippen molar-refractivity contribution in [3.63, 3.8) is 0 Å². The fraction of sp³-hybridized carbons (Fsp3) is 0.182. The van der Waals surface area contributed by atoms with Gasteiger partial charge in [-0.1, -0.05) is 17.7 Å². The molecule has 3 N–H and O–H groups in total. The second-order valence-corrected chi connectivity index (χ2v) is 7.03. The minimum Gasteiger partial charge on any atom is -0.461 e. The van der Waals surface area contributed by atoms with Crippen LogP contribution in [0, 0.1) is 0 Å². The summed E-state index contributed by atoms with van der Waals surface area (Å²) in [6, 6.07) is 10.7. The molecule has 0 saturated carbocycles. The molecule has 8 heteroatoms. The molecule has 0 aliphatic heterocycles. The topological polar surface area (TPSA) is 99.5 Å². The van der Waals surface area contributed by atoms with Crippen LogP contribution >= 0.6 is 11.6 Å². The van der Waals surface area contributed by atoms with Gasteiger partial charge in [0, 0.05) is 23.7 Å². The third-order valence-electron chi connectivity index (χ3n) is 4.66. The number of pyridine rings is 1. The molecule has 2 heterocycles. The van der Waals surface area contributed by atoms with E-state index in [1.165, 1.54) is 0 Å². The standard InChI is InChI=1S/C22H20ClN3O4/c1-3-29-22(27)21-13(11-28-2)19-16(10-25-21)26-15-5-4-6-18(20(15)19)30-17-8-7-12(24)9-14(17)23/h4-10,26H,3,11,24H2,1-2H3. The molecular weight excluding hydrogens is 406 g/mol. The number of carbonyl (C=O) groups is 1. The molecule has 4 rings (SSSR count). The van der Waals surface area contributed by atoms with Crippen molar-refractivity contribution in [2.45, 2.75) is 13.5 Å². The molecule has 154 valence electrons. The molecule has 0 spiro atoms. The van der Waals surface area contributed by atoms with Crippen LogP contribution in [0.4, 0.5) is 5.69 Å². The number of H-pyrrole nitrogens is 1. The Morgan fingerprint density at radius 2 is 2.00 bits per heavy atom. The number of benzene rings is 2. The van der Waals surface area contributed by atoms with Crippen LogP contribution in [0.2, 0.25) is 5.02 Å². The van der Waals surface area contributed by atoms with E-state index >= 15 is 0 Å². The number of fused-ring (bicyclic) bond motifs is 3. The Kier molecular flexibility index (Phi) is 5.48. The number of anilines is 1. The predicted octanol–water partition coefficient (Wildman–Crippen LogP) is 5.07. The average molecular weight is 426 g/mol. The lowest BCUT2D eigenvalue weighted by molar-refractivity contribution is 0.0514. The number of rotatable bonds is 6. The normalized spacial score (nSPS) is 11.2. The lowest BCUT2D eigenvalue weighted by Crippen LogP contribution is -2.11. The van der Waals surface area contributed by atoms with Crippen molar-refractivity contribution in [3.05, 3.63) is 58.9 Å². The maximum absolute atomic E-state index is 12.5. The fourth-order valence-corrected chi connectivity index (χ4v) is 3.66. The number of aromatic amines is 1. The zero-order chi connectivity index (χ0) is 21.3. The third-order valence-corrected chi connectivity index (χ3v) is 4.95. The van der Waals surface area contributed by atoms with Gasteiger partial charge in [0.05, 0.1) is 40.9 Å². The molecule has 0 fully saturated rings. The largest absolute Gasteiger partial charge is 0.461 e. The molecule has 2 aromatic heterocycles. The van der Waals surface area contributed by atoms with Gasteiger partial charge in [0.25, 0.3) is 0 Å². The number of hydrogen-bond donors (Lipinski definition) is 2. The monoisotopic (exact) mass is 425 g/mol. The van der Waals surface area contributed by atoms with Crippen LogP contribution in [0.25, 0.3) is 21.8 Å². The first-order chi connectivity index (χ1) is 14.5. The highest BCUT2D eigenvalue weighted by Gasteiger charge is 2.22. The number of ether oxygens (including phenoxy) is 3. The summed E-state index contributed by atoms with van der Waals surface area (Å²) in [5.41, 5.74) is 8.75. The summed E-state index contributed by atoms with van der Waals surface area (Å²) in [5.74, 6) is 0.547. The van der Waals surface area contributed by atoms with Gasteiger partial charge in [0.15, 0.2) is 5.69 Å². The van der Waals surface area contributed by atoms with Gasteiger partial charge in [-0.15, -0.1) is 0 Å². The molecule has 2 aromatic carbocycles. The molecule has 0 aliphatic carbocycles. The van der Waals surface area contributed by atoms with E-state index in [2.05, 4.69) is 9.97 Å². The molecule has 0 aliphatic rings. The average Bonchev–Trinajstić information content (AvgIpc) is 3.10. The number of esters is 1. The molecule has 0 unspecified atom stereocenters. The molecule has 4 aromatic rings. The van der Waals surface area contributed by atoms with Crippen LogP contribution in [-0.2, 0) is 16.1 Å². The molecule has 0 bridgehead atoms. The SMILES string of the molecule is CCOC(=O)c1ncc2[nH]c3cccc(Oc4ccc(N)cc4Cl)c3c2c1COC. The van der Waals surface area contributed by atoms with Crippen molar-refractivity contribution < 1.29 is 19.0 Å².